The molecule has 0 aromatic heterocycles. The van der Waals surface area contributed by atoms with E-state index in [2.05, 4.69) is 15.9 Å². The smallest absolute Gasteiger partial charge is 0.324 e. The Morgan fingerprint density at radius 1 is 1.04 bits per heavy atom. The number of urea groups is 1. The minimum absolute atomic E-state index is 0.0464. The van der Waals surface area contributed by atoms with Gasteiger partial charge in [0, 0.05) is 18.0 Å². The molecular formula is C18H19ClN4O3. The summed E-state index contributed by atoms with van der Waals surface area (Å²) in [6, 6.07) is 16.5. The monoisotopic (exact) mass is 374 g/mol. The Hall–Kier alpha value is -2.93. The number of hydrogen-bond acceptors (Lipinski definition) is 4. The van der Waals surface area contributed by atoms with Crippen molar-refractivity contribution in [3.8, 4) is 0 Å². The first kappa shape index (κ1) is 19.4. The Morgan fingerprint density at radius 2 is 1.65 bits per heavy atom. The number of anilines is 1. The van der Waals surface area contributed by atoms with Crippen molar-refractivity contribution in [3.63, 3.8) is 0 Å². The number of benzene rings is 2. The van der Waals surface area contributed by atoms with Gasteiger partial charge in [0.15, 0.2) is 0 Å². The highest BCUT2D eigenvalue weighted by atomic mass is 35.5. The Bertz CT molecular complexity index is 728. The van der Waals surface area contributed by atoms with Gasteiger partial charge in [-0.05, 0) is 17.7 Å². The van der Waals surface area contributed by atoms with Crippen LogP contribution in [-0.4, -0.2) is 35.4 Å². The average molecular weight is 375 g/mol. The molecule has 136 valence electrons. The highest BCUT2D eigenvalue weighted by molar-refractivity contribution is 6.18. The molecule has 0 aliphatic rings. The van der Waals surface area contributed by atoms with Crippen molar-refractivity contribution < 1.29 is 9.59 Å². The number of rotatable bonds is 8. The third kappa shape index (κ3) is 5.86. The van der Waals surface area contributed by atoms with Crippen molar-refractivity contribution in [2.45, 2.75) is 12.5 Å². The fourth-order valence-electron chi connectivity index (χ4n) is 2.29. The molecular weight excluding hydrogens is 356 g/mol. The third-order valence-electron chi connectivity index (χ3n) is 3.57. The largest absolute Gasteiger partial charge is 0.341 e. The normalized spacial score (nSPS) is 11.3. The molecule has 8 heteroatoms. The van der Waals surface area contributed by atoms with Crippen LogP contribution in [0, 0.1) is 4.91 Å². The number of alkyl halides is 1. The second kappa shape index (κ2) is 10.1. The highest BCUT2D eigenvalue weighted by Crippen LogP contribution is 2.09. The van der Waals surface area contributed by atoms with Gasteiger partial charge in [0.2, 0.25) is 5.91 Å². The summed E-state index contributed by atoms with van der Waals surface area (Å²) in [5.74, 6) is -0.344. The molecule has 0 spiro atoms. The maximum Gasteiger partial charge on any atom is 0.341 e. The molecule has 3 amide bonds. The van der Waals surface area contributed by atoms with Crippen molar-refractivity contribution in [1.82, 2.24) is 10.3 Å². The fourth-order valence-corrected chi connectivity index (χ4v) is 2.45. The van der Waals surface area contributed by atoms with Gasteiger partial charge in [-0.15, -0.1) is 16.5 Å². The van der Waals surface area contributed by atoms with Crippen LogP contribution < -0.4 is 10.6 Å². The summed E-state index contributed by atoms with van der Waals surface area (Å²) in [6.45, 7) is -0.0464. The lowest BCUT2D eigenvalue weighted by molar-refractivity contribution is -0.118. The van der Waals surface area contributed by atoms with Crippen molar-refractivity contribution in [1.29, 1.82) is 0 Å². The summed E-state index contributed by atoms with van der Waals surface area (Å²) < 4.78 is 0. The van der Waals surface area contributed by atoms with E-state index >= 15 is 0 Å². The lowest BCUT2D eigenvalue weighted by atomic mass is 10.1. The number of nitrogens with zero attached hydrogens (tertiary/aromatic N) is 2. The molecule has 0 aliphatic carbocycles. The lowest BCUT2D eigenvalue weighted by Gasteiger charge is -2.21. The number of amides is 3. The van der Waals surface area contributed by atoms with Crippen LogP contribution in [0.1, 0.15) is 5.56 Å². The minimum atomic E-state index is -0.885. The maximum absolute atomic E-state index is 12.6. The van der Waals surface area contributed by atoms with E-state index in [0.717, 1.165) is 5.56 Å². The topological polar surface area (TPSA) is 90.9 Å². The standard InChI is InChI=1S/C18H19ClN4O3/c19-11-12-23(22-26)18(25)21-16(13-14-7-3-1-4-8-14)17(24)20-15-9-5-2-6-10-15/h1-10,16H,11-13H2,(H,20,24)(H,21,25)/t16-/m0/s1. The molecule has 0 aliphatic heterocycles. The molecule has 0 saturated carbocycles. The zero-order valence-corrected chi connectivity index (χ0v) is 14.7. The molecule has 2 aromatic rings. The molecule has 1 atom stereocenters. The van der Waals surface area contributed by atoms with Crippen LogP contribution in [0.5, 0.6) is 0 Å². The van der Waals surface area contributed by atoms with Crippen molar-refractivity contribution in [2.75, 3.05) is 17.7 Å². The summed E-state index contributed by atoms with van der Waals surface area (Å²) in [5.41, 5.74) is 1.47. The molecule has 2 N–H and O–H groups in total. The quantitative estimate of drug-likeness (QED) is 0.422. The van der Waals surface area contributed by atoms with E-state index in [1.807, 2.05) is 36.4 Å². The molecule has 0 radical (unpaired) electrons. The van der Waals surface area contributed by atoms with Crippen molar-refractivity contribution in [3.05, 3.63) is 71.1 Å². The number of carbonyl (C=O) groups is 2. The Labute approximate surface area is 156 Å². The Morgan fingerprint density at radius 3 is 2.23 bits per heavy atom. The molecule has 0 heterocycles. The van der Waals surface area contributed by atoms with Crippen LogP contribution in [-0.2, 0) is 11.2 Å². The van der Waals surface area contributed by atoms with Crippen molar-refractivity contribution in [2.24, 2.45) is 5.29 Å². The van der Waals surface area contributed by atoms with Gasteiger partial charge in [-0.1, -0.05) is 48.5 Å². The lowest BCUT2D eigenvalue weighted by Crippen LogP contribution is -2.49. The predicted octanol–water partition coefficient (Wildman–Crippen LogP) is 3.17. The molecule has 0 saturated heterocycles. The second-order valence-electron chi connectivity index (χ2n) is 5.44. The van der Waals surface area contributed by atoms with E-state index in [9.17, 15) is 14.5 Å². The second-order valence-corrected chi connectivity index (χ2v) is 5.82. The van der Waals surface area contributed by atoms with Crippen LogP contribution in [0.4, 0.5) is 10.5 Å². The number of hydrogen-bond donors (Lipinski definition) is 2. The van der Waals surface area contributed by atoms with Crippen LogP contribution >= 0.6 is 11.6 Å². The summed E-state index contributed by atoms with van der Waals surface area (Å²) >= 11 is 5.56. The first-order chi connectivity index (χ1) is 12.6. The first-order valence-electron chi connectivity index (χ1n) is 8.01. The van der Waals surface area contributed by atoms with Gasteiger partial charge in [0.1, 0.15) is 6.04 Å². The summed E-state index contributed by atoms with van der Waals surface area (Å²) in [6.07, 6.45) is 0.263. The predicted molar refractivity (Wildman–Crippen MR) is 101 cm³/mol. The van der Waals surface area contributed by atoms with E-state index in [1.165, 1.54) is 0 Å². The van der Waals surface area contributed by atoms with Gasteiger partial charge >= 0.3 is 6.03 Å². The van der Waals surface area contributed by atoms with E-state index in [0.29, 0.717) is 10.7 Å². The van der Waals surface area contributed by atoms with Crippen LogP contribution in [0.2, 0.25) is 0 Å². The number of carbonyl (C=O) groups excluding carboxylic acids is 2. The van der Waals surface area contributed by atoms with Gasteiger partial charge in [-0.25, -0.2) is 4.79 Å². The van der Waals surface area contributed by atoms with Gasteiger partial charge in [-0.3, -0.25) is 4.79 Å². The molecule has 26 heavy (non-hydrogen) atoms. The highest BCUT2D eigenvalue weighted by Gasteiger charge is 2.24. The average Bonchev–Trinajstić information content (AvgIpc) is 2.67. The Kier molecular flexibility index (Phi) is 7.57. The first-order valence-corrected chi connectivity index (χ1v) is 8.54. The number of para-hydroxylation sites is 1. The molecule has 0 unspecified atom stereocenters. The van der Waals surface area contributed by atoms with Gasteiger partial charge in [0.05, 0.1) is 11.8 Å². The summed E-state index contributed by atoms with van der Waals surface area (Å²) in [7, 11) is 0. The number of nitroso groups, excluding NO2 is 1. The van der Waals surface area contributed by atoms with E-state index in [4.69, 9.17) is 11.6 Å². The SMILES string of the molecule is O=NN(CCCl)C(=O)N[C@@H](Cc1ccccc1)C(=O)Nc1ccccc1. The van der Waals surface area contributed by atoms with Gasteiger partial charge in [-0.2, -0.15) is 5.01 Å². The number of halogens is 1. The molecule has 7 nitrogen and oxygen atoms in total. The van der Waals surface area contributed by atoms with Gasteiger partial charge in [0.25, 0.3) is 0 Å². The molecule has 2 aromatic carbocycles. The van der Waals surface area contributed by atoms with Crippen LogP contribution in [0.3, 0.4) is 0 Å². The van der Waals surface area contributed by atoms with Crippen LogP contribution in [0.15, 0.2) is 65.9 Å². The summed E-state index contributed by atoms with van der Waals surface area (Å²) in [5, 5.41) is 8.58. The van der Waals surface area contributed by atoms with E-state index in [-0.39, 0.29) is 18.8 Å². The molecule has 0 bridgehead atoms. The van der Waals surface area contributed by atoms with E-state index in [1.54, 1.807) is 24.3 Å². The fraction of sp³-hybridized carbons (Fsp3) is 0.222. The minimum Gasteiger partial charge on any atom is -0.324 e. The van der Waals surface area contributed by atoms with Gasteiger partial charge < -0.3 is 10.6 Å². The number of nitrogens with one attached hydrogen (secondary N) is 2. The van der Waals surface area contributed by atoms with Crippen molar-refractivity contribution >= 4 is 29.2 Å². The van der Waals surface area contributed by atoms with E-state index < -0.39 is 18.0 Å². The maximum atomic E-state index is 12.6. The molecule has 0 fully saturated rings. The Balaban J connectivity index is 2.13. The summed E-state index contributed by atoms with van der Waals surface area (Å²) in [4.78, 5) is 35.6. The zero-order chi connectivity index (χ0) is 18.8. The molecule has 2 rings (SSSR count). The third-order valence-corrected chi connectivity index (χ3v) is 3.74. The van der Waals surface area contributed by atoms with Crippen LogP contribution in [0.25, 0.3) is 0 Å². The zero-order valence-electron chi connectivity index (χ0n) is 14.0.